The Morgan fingerprint density at radius 3 is 2.05 bits per heavy atom. The van der Waals surface area contributed by atoms with Gasteiger partial charge in [-0.2, -0.15) is 15.2 Å². The van der Waals surface area contributed by atoms with Crippen LogP contribution in [0.15, 0.2) is 139 Å². The maximum absolute atomic E-state index is 14.0. The number of para-hydroxylation sites is 2. The highest BCUT2D eigenvalue weighted by atomic mass is 16.5. The van der Waals surface area contributed by atoms with Crippen molar-refractivity contribution in [3.05, 3.63) is 145 Å². The van der Waals surface area contributed by atoms with Crippen LogP contribution in [0.4, 0.5) is 5.69 Å². The number of hydrogen-bond donors (Lipinski definition) is 0. The summed E-state index contributed by atoms with van der Waals surface area (Å²) in [5.41, 5.74) is 5.81. The lowest BCUT2D eigenvalue weighted by atomic mass is 9.99. The first-order chi connectivity index (χ1) is 20.6. The first-order valence-corrected chi connectivity index (χ1v) is 13.5. The quantitative estimate of drug-likeness (QED) is 0.147. The Kier molecular flexibility index (Phi) is 7.46. The number of amides is 1. The number of benzene rings is 4. The molecule has 0 N–H and O–H groups in total. The van der Waals surface area contributed by atoms with E-state index in [1.54, 1.807) is 13.2 Å². The van der Waals surface area contributed by atoms with E-state index in [4.69, 9.17) is 19.7 Å². The summed E-state index contributed by atoms with van der Waals surface area (Å²) in [4.78, 5) is 14.0. The average molecular weight is 553 g/mol. The summed E-state index contributed by atoms with van der Waals surface area (Å²) in [5.74, 6) is 1.24. The molecule has 0 spiro atoms. The summed E-state index contributed by atoms with van der Waals surface area (Å²) >= 11 is 0. The predicted molar refractivity (Wildman–Crippen MR) is 166 cm³/mol. The fraction of sp³-hybridized carbons (Fsp3) is 0.0571. The lowest BCUT2D eigenvalue weighted by Gasteiger charge is -2.10. The second kappa shape index (κ2) is 11.8. The lowest BCUT2D eigenvalue weighted by Crippen LogP contribution is -2.21. The van der Waals surface area contributed by atoms with Gasteiger partial charge < -0.3 is 9.47 Å². The molecule has 6 rings (SSSR count). The maximum Gasteiger partial charge on any atom is 0.281 e. The molecule has 1 aliphatic heterocycles. The minimum Gasteiger partial charge on any atom is -0.497 e. The number of aromatic nitrogens is 2. The van der Waals surface area contributed by atoms with Gasteiger partial charge in [-0.05, 0) is 78.9 Å². The highest BCUT2D eigenvalue weighted by Crippen LogP contribution is 2.32. The van der Waals surface area contributed by atoms with Crippen LogP contribution in [0.5, 0.6) is 11.5 Å². The molecule has 42 heavy (non-hydrogen) atoms. The van der Waals surface area contributed by atoms with E-state index in [-0.39, 0.29) is 5.91 Å². The van der Waals surface area contributed by atoms with Crippen molar-refractivity contribution in [3.63, 3.8) is 0 Å². The third kappa shape index (κ3) is 5.36. The monoisotopic (exact) mass is 552 g/mol. The molecule has 0 saturated heterocycles. The van der Waals surface area contributed by atoms with E-state index >= 15 is 0 Å². The van der Waals surface area contributed by atoms with Crippen molar-refractivity contribution in [1.82, 2.24) is 9.78 Å². The molecule has 1 amide bonds. The van der Waals surface area contributed by atoms with Gasteiger partial charge in [0, 0.05) is 22.9 Å². The number of carbonyl (C=O) groups is 1. The summed E-state index contributed by atoms with van der Waals surface area (Å²) < 4.78 is 12.8. The normalized spacial score (nSPS) is 13.7. The number of hydrazone groups is 1. The van der Waals surface area contributed by atoms with Gasteiger partial charge >= 0.3 is 0 Å². The van der Waals surface area contributed by atoms with Crippen molar-refractivity contribution in [3.8, 4) is 28.4 Å². The molecule has 0 saturated carbocycles. The molecule has 0 bridgehead atoms. The Morgan fingerprint density at radius 1 is 0.786 bits per heavy atom. The number of anilines is 1. The van der Waals surface area contributed by atoms with Gasteiger partial charge in [-0.1, -0.05) is 49.1 Å². The van der Waals surface area contributed by atoms with Crippen molar-refractivity contribution in [2.24, 2.45) is 5.10 Å². The van der Waals surface area contributed by atoms with Crippen molar-refractivity contribution < 1.29 is 14.3 Å². The molecular formula is C35H28N4O3. The van der Waals surface area contributed by atoms with Crippen molar-refractivity contribution >= 4 is 23.4 Å². The van der Waals surface area contributed by atoms with Crippen LogP contribution < -0.4 is 14.5 Å². The standard InChI is InChI=1S/C35H28N4O3/c1-3-22-42-31-20-16-25(17-21-31)33-27(24-38(36-33)28-10-6-4-7-11-28)23-32-34(26-14-18-30(41-2)19-15-26)37-39(35(32)40)29-12-8-5-9-13-29/h3-21,23-24H,1,22H2,2H3. The molecule has 7 nitrogen and oxygen atoms in total. The van der Waals surface area contributed by atoms with E-state index in [0.29, 0.717) is 23.6 Å². The molecule has 1 aromatic heterocycles. The average Bonchev–Trinajstić information content (AvgIpc) is 3.62. The number of nitrogens with zero attached hydrogens (tertiary/aromatic N) is 4. The first-order valence-electron chi connectivity index (χ1n) is 13.5. The van der Waals surface area contributed by atoms with Gasteiger partial charge in [0.05, 0.1) is 29.8 Å². The van der Waals surface area contributed by atoms with E-state index in [2.05, 4.69) is 6.58 Å². The largest absolute Gasteiger partial charge is 0.497 e. The van der Waals surface area contributed by atoms with Crippen molar-refractivity contribution in [1.29, 1.82) is 0 Å². The second-order valence-corrected chi connectivity index (χ2v) is 9.52. The van der Waals surface area contributed by atoms with Crippen LogP contribution in [0.25, 0.3) is 23.0 Å². The zero-order valence-electron chi connectivity index (χ0n) is 23.1. The highest BCUT2D eigenvalue weighted by Gasteiger charge is 2.32. The Labute approximate surface area is 244 Å². The highest BCUT2D eigenvalue weighted by molar-refractivity contribution is 6.37. The second-order valence-electron chi connectivity index (χ2n) is 9.52. The Hall–Kier alpha value is -5.69. The van der Waals surface area contributed by atoms with Gasteiger partial charge in [0.2, 0.25) is 0 Å². The van der Waals surface area contributed by atoms with Gasteiger partial charge in [-0.25, -0.2) is 4.68 Å². The number of rotatable bonds is 9. The number of ether oxygens (including phenoxy) is 2. The van der Waals surface area contributed by atoms with Crippen LogP contribution in [0.2, 0.25) is 0 Å². The summed E-state index contributed by atoms with van der Waals surface area (Å²) in [6, 6.07) is 34.5. The van der Waals surface area contributed by atoms with Gasteiger partial charge in [0.25, 0.3) is 5.91 Å². The Morgan fingerprint density at radius 2 is 1.40 bits per heavy atom. The van der Waals surface area contributed by atoms with Crippen molar-refractivity contribution in [2.45, 2.75) is 0 Å². The Bertz CT molecular complexity index is 1770. The fourth-order valence-corrected chi connectivity index (χ4v) is 4.70. The molecule has 5 aromatic rings. The van der Waals surface area contributed by atoms with E-state index < -0.39 is 0 Å². The van der Waals surface area contributed by atoms with E-state index in [1.165, 1.54) is 5.01 Å². The molecule has 0 radical (unpaired) electrons. The topological polar surface area (TPSA) is 69.0 Å². The first kappa shape index (κ1) is 26.5. The number of methoxy groups -OCH3 is 1. The number of hydrogen-bond acceptors (Lipinski definition) is 5. The summed E-state index contributed by atoms with van der Waals surface area (Å²) in [7, 11) is 1.62. The van der Waals surface area contributed by atoms with E-state index in [9.17, 15) is 4.79 Å². The van der Waals surface area contributed by atoms with Gasteiger partial charge in [-0.15, -0.1) is 0 Å². The molecule has 2 heterocycles. The molecule has 0 aliphatic carbocycles. The molecule has 0 fully saturated rings. The lowest BCUT2D eigenvalue weighted by molar-refractivity contribution is -0.114. The van der Waals surface area contributed by atoms with Crippen LogP contribution in [0.3, 0.4) is 0 Å². The third-order valence-corrected chi connectivity index (χ3v) is 6.80. The minimum absolute atomic E-state index is 0.224. The summed E-state index contributed by atoms with van der Waals surface area (Å²) in [6.07, 6.45) is 5.52. The predicted octanol–water partition coefficient (Wildman–Crippen LogP) is 6.95. The fourth-order valence-electron chi connectivity index (χ4n) is 4.70. The maximum atomic E-state index is 14.0. The molecular weight excluding hydrogens is 524 g/mol. The molecule has 206 valence electrons. The molecule has 7 heteroatoms. The number of carbonyl (C=O) groups excluding carboxylic acids is 1. The zero-order chi connectivity index (χ0) is 28.9. The van der Waals surface area contributed by atoms with Crippen LogP contribution in [-0.2, 0) is 4.79 Å². The van der Waals surface area contributed by atoms with Crippen LogP contribution in [-0.4, -0.2) is 35.1 Å². The summed E-state index contributed by atoms with van der Waals surface area (Å²) in [6.45, 7) is 4.13. The van der Waals surface area contributed by atoms with Crippen LogP contribution in [0.1, 0.15) is 11.1 Å². The van der Waals surface area contributed by atoms with Crippen LogP contribution in [0, 0.1) is 0 Å². The van der Waals surface area contributed by atoms with Gasteiger partial charge in [0.1, 0.15) is 23.8 Å². The van der Waals surface area contributed by atoms with E-state index in [0.717, 1.165) is 39.6 Å². The SMILES string of the molecule is C=CCOc1ccc(-c2nn(-c3ccccc3)cc2C=C2C(=O)N(c3ccccc3)N=C2c2ccc(OC)cc2)cc1. The molecule has 0 atom stereocenters. The van der Waals surface area contributed by atoms with Crippen LogP contribution >= 0.6 is 0 Å². The molecule has 0 unspecified atom stereocenters. The summed E-state index contributed by atoms with van der Waals surface area (Å²) in [5, 5.41) is 11.2. The van der Waals surface area contributed by atoms with Gasteiger partial charge in [-0.3, -0.25) is 4.79 Å². The molecule has 4 aromatic carbocycles. The smallest absolute Gasteiger partial charge is 0.281 e. The van der Waals surface area contributed by atoms with Crippen molar-refractivity contribution in [2.75, 3.05) is 18.7 Å². The molecule has 1 aliphatic rings. The third-order valence-electron chi connectivity index (χ3n) is 6.80. The minimum atomic E-state index is -0.224. The van der Waals surface area contributed by atoms with E-state index in [1.807, 2.05) is 126 Å². The van der Waals surface area contributed by atoms with Gasteiger partial charge in [0.15, 0.2) is 0 Å². The Balaban J connectivity index is 1.48. The zero-order valence-corrected chi connectivity index (χ0v) is 23.1.